The van der Waals surface area contributed by atoms with Crippen LogP contribution in [0.1, 0.15) is 27.7 Å². The molecule has 6 atom stereocenters. The topological polar surface area (TPSA) is 64.6 Å². The van der Waals surface area contributed by atoms with Crippen molar-refractivity contribution in [2.24, 2.45) is 0 Å². The summed E-state index contributed by atoms with van der Waals surface area (Å²) < 4.78 is 40.8. The number of hydrogen-bond donors (Lipinski definition) is 0. The van der Waals surface area contributed by atoms with Gasteiger partial charge >= 0.3 is 0 Å². The summed E-state index contributed by atoms with van der Waals surface area (Å²) in [6, 6.07) is 0. The average Bonchev–Trinajstić information content (AvgIpc) is 2.90. The Bertz CT molecular complexity index is 511. The fourth-order valence-electron chi connectivity index (χ4n) is 3.09. The first kappa shape index (κ1) is 18.2. The van der Waals surface area contributed by atoms with Crippen LogP contribution in [0.25, 0.3) is 0 Å². The lowest BCUT2D eigenvalue weighted by molar-refractivity contribution is -0.238. The van der Waals surface area contributed by atoms with Gasteiger partial charge in [0, 0.05) is 13.8 Å². The van der Waals surface area contributed by atoms with Crippen LogP contribution in [-0.4, -0.2) is 62.7 Å². The molecule has 3 aliphatic heterocycles. The van der Waals surface area contributed by atoms with Gasteiger partial charge in [-0.1, -0.05) is 0 Å². The van der Waals surface area contributed by atoms with Crippen LogP contribution in [0.4, 0.5) is 0 Å². The zero-order chi connectivity index (χ0) is 17.0. The molecule has 0 amide bonds. The fraction of sp³-hybridized carbons (Fsp3) is 1.00. The summed E-state index contributed by atoms with van der Waals surface area (Å²) in [4.78, 5) is 0. The molecule has 7 nitrogen and oxygen atoms in total. The van der Waals surface area contributed by atoms with Gasteiger partial charge < -0.3 is 32.7 Å². The first-order valence-corrected chi connectivity index (χ1v) is 10.7. The lowest BCUT2D eigenvalue weighted by Gasteiger charge is -2.37. The minimum atomic E-state index is -2.28. The van der Waals surface area contributed by atoms with E-state index < -0.39 is 24.4 Å². The van der Waals surface area contributed by atoms with Crippen LogP contribution in [0.15, 0.2) is 0 Å². The second-order valence-electron chi connectivity index (χ2n) is 6.96. The number of fused-ring (bicyclic) bond motifs is 3. The van der Waals surface area contributed by atoms with E-state index in [1.54, 1.807) is 13.8 Å². The van der Waals surface area contributed by atoms with Crippen molar-refractivity contribution in [3.8, 4) is 0 Å². The smallest absolute Gasteiger partial charge is 0.190 e. The molecule has 3 heterocycles. The quantitative estimate of drug-likeness (QED) is 0.698. The standard InChI is InChI=1S/C14H25O7PS/c1-13(2)18-9-8(7-16-22(6,23)15-5)17-12-11(10(9)19-13)20-14(3,4)21-12/h8-12H,7H2,1-6H3/t8-,9+,10+,11-,12-,22?/m1/s1. The van der Waals surface area contributed by atoms with Crippen LogP contribution < -0.4 is 0 Å². The maximum absolute atomic E-state index is 6.04. The van der Waals surface area contributed by atoms with E-state index in [4.69, 9.17) is 44.5 Å². The molecule has 0 bridgehead atoms. The highest BCUT2D eigenvalue weighted by molar-refractivity contribution is 8.09. The zero-order valence-corrected chi connectivity index (χ0v) is 16.0. The molecule has 0 N–H and O–H groups in total. The van der Waals surface area contributed by atoms with E-state index in [0.717, 1.165) is 0 Å². The van der Waals surface area contributed by atoms with Crippen molar-refractivity contribution in [3.05, 3.63) is 0 Å². The minimum Gasteiger partial charge on any atom is -0.342 e. The lowest BCUT2D eigenvalue weighted by atomic mass is 9.99. The Balaban J connectivity index is 1.77. The van der Waals surface area contributed by atoms with Crippen LogP contribution >= 0.6 is 6.49 Å². The molecule has 0 aliphatic carbocycles. The third-order valence-corrected chi connectivity index (χ3v) is 6.10. The van der Waals surface area contributed by atoms with Crippen molar-refractivity contribution < 1.29 is 32.7 Å². The SMILES string of the molecule is COP(C)(=S)OC[C@H]1O[C@@H]2OC(C)(C)O[C@@H]2[C@H]2OC(C)(C)O[C@H]21. The molecule has 0 radical (unpaired) electrons. The Morgan fingerprint density at radius 2 is 1.52 bits per heavy atom. The van der Waals surface area contributed by atoms with Crippen LogP contribution in [-0.2, 0) is 44.5 Å². The number of ether oxygens (including phenoxy) is 5. The molecule has 1 unspecified atom stereocenters. The third-order valence-electron chi connectivity index (χ3n) is 4.06. The van der Waals surface area contributed by atoms with Gasteiger partial charge in [-0.25, -0.2) is 0 Å². The summed E-state index contributed by atoms with van der Waals surface area (Å²) in [5, 5.41) is 0. The minimum absolute atomic E-state index is 0.259. The maximum atomic E-state index is 6.04. The molecule has 3 fully saturated rings. The highest BCUT2D eigenvalue weighted by Gasteiger charge is 2.60. The van der Waals surface area contributed by atoms with Gasteiger partial charge in [0.25, 0.3) is 0 Å². The van der Waals surface area contributed by atoms with Crippen molar-refractivity contribution in [1.29, 1.82) is 0 Å². The second-order valence-corrected chi connectivity index (χ2v) is 11.1. The summed E-state index contributed by atoms with van der Waals surface area (Å²) in [6.07, 6.45) is -1.81. The van der Waals surface area contributed by atoms with Crippen molar-refractivity contribution >= 4 is 18.3 Å². The largest absolute Gasteiger partial charge is 0.342 e. The molecule has 9 heteroatoms. The number of rotatable bonds is 4. The Hall–Kier alpha value is 0.370. The summed E-state index contributed by atoms with van der Waals surface area (Å²) >= 11 is 5.29. The Kier molecular flexibility index (Phi) is 4.72. The molecular formula is C14H25O7PS. The van der Waals surface area contributed by atoms with Crippen LogP contribution in [0.5, 0.6) is 0 Å². The fourth-order valence-corrected chi connectivity index (χ4v) is 3.79. The molecule has 134 valence electrons. The van der Waals surface area contributed by atoms with E-state index >= 15 is 0 Å². The van der Waals surface area contributed by atoms with Gasteiger partial charge in [-0.05, 0) is 39.5 Å². The van der Waals surface area contributed by atoms with E-state index in [-0.39, 0.29) is 31.0 Å². The van der Waals surface area contributed by atoms with Gasteiger partial charge in [-0.3, -0.25) is 0 Å². The molecule has 0 aromatic heterocycles. The van der Waals surface area contributed by atoms with Crippen LogP contribution in [0, 0.1) is 0 Å². The monoisotopic (exact) mass is 368 g/mol. The van der Waals surface area contributed by atoms with Crippen molar-refractivity contribution in [2.75, 3.05) is 20.4 Å². The molecule has 0 saturated carbocycles. The highest BCUT2D eigenvalue weighted by atomic mass is 32.5. The van der Waals surface area contributed by atoms with Gasteiger partial charge in [0.2, 0.25) is 0 Å². The van der Waals surface area contributed by atoms with Gasteiger partial charge in [-0.15, -0.1) is 0 Å². The maximum Gasteiger partial charge on any atom is 0.190 e. The third kappa shape index (κ3) is 3.81. The van der Waals surface area contributed by atoms with Crippen molar-refractivity contribution in [2.45, 2.75) is 70.0 Å². The Labute approximate surface area is 142 Å². The lowest BCUT2D eigenvalue weighted by Crippen LogP contribution is -2.56. The predicted octanol–water partition coefficient (Wildman–Crippen LogP) is 1.99. The Morgan fingerprint density at radius 3 is 2.17 bits per heavy atom. The second kappa shape index (κ2) is 5.97. The molecule has 3 saturated heterocycles. The average molecular weight is 368 g/mol. The zero-order valence-electron chi connectivity index (χ0n) is 14.3. The summed E-state index contributed by atoms with van der Waals surface area (Å²) in [7, 11) is 1.55. The predicted molar refractivity (Wildman–Crippen MR) is 85.7 cm³/mol. The molecule has 0 spiro atoms. The van der Waals surface area contributed by atoms with E-state index in [1.807, 2.05) is 27.7 Å². The van der Waals surface area contributed by atoms with Gasteiger partial charge in [0.05, 0.1) is 6.61 Å². The van der Waals surface area contributed by atoms with Gasteiger partial charge in [-0.2, -0.15) is 0 Å². The number of hydrogen-bond acceptors (Lipinski definition) is 8. The molecule has 3 aliphatic rings. The molecule has 0 aromatic carbocycles. The molecular weight excluding hydrogens is 343 g/mol. The van der Waals surface area contributed by atoms with E-state index in [9.17, 15) is 0 Å². The van der Waals surface area contributed by atoms with Crippen molar-refractivity contribution in [1.82, 2.24) is 0 Å². The molecule has 3 rings (SSSR count). The Morgan fingerprint density at radius 1 is 0.957 bits per heavy atom. The van der Waals surface area contributed by atoms with Crippen LogP contribution in [0.3, 0.4) is 0 Å². The highest BCUT2D eigenvalue weighted by Crippen LogP contribution is 2.47. The summed E-state index contributed by atoms with van der Waals surface area (Å²) in [6.45, 7) is 7.21. The first-order chi connectivity index (χ1) is 10.5. The summed E-state index contributed by atoms with van der Waals surface area (Å²) in [5.74, 6) is -1.44. The normalized spacial score (nSPS) is 43.7. The van der Waals surface area contributed by atoms with Gasteiger partial charge in [0.15, 0.2) is 24.4 Å². The summed E-state index contributed by atoms with van der Waals surface area (Å²) in [5.41, 5.74) is 0. The van der Waals surface area contributed by atoms with Gasteiger partial charge in [0.1, 0.15) is 24.4 Å². The van der Waals surface area contributed by atoms with Crippen molar-refractivity contribution in [3.63, 3.8) is 0 Å². The molecule has 0 aromatic rings. The van der Waals surface area contributed by atoms with E-state index in [0.29, 0.717) is 0 Å². The van der Waals surface area contributed by atoms with E-state index in [1.165, 1.54) is 0 Å². The van der Waals surface area contributed by atoms with E-state index in [2.05, 4.69) is 0 Å². The first-order valence-electron chi connectivity index (χ1n) is 7.66. The van der Waals surface area contributed by atoms with Crippen LogP contribution in [0.2, 0.25) is 0 Å². The molecule has 23 heavy (non-hydrogen) atoms.